The molecule has 6 heteroatoms. The van der Waals surface area contributed by atoms with Crippen molar-refractivity contribution in [2.45, 2.75) is 25.0 Å². The van der Waals surface area contributed by atoms with Gasteiger partial charge in [-0.1, -0.05) is 23.7 Å². The molecule has 2 aromatic rings. The van der Waals surface area contributed by atoms with Gasteiger partial charge in [0.2, 0.25) is 0 Å². The number of halogens is 1. The number of carbonyl (C=O) groups is 1. The minimum atomic E-state index is -0.949. The molecule has 0 spiro atoms. The lowest BCUT2D eigenvalue weighted by molar-refractivity contribution is 0.0434. The summed E-state index contributed by atoms with van der Waals surface area (Å²) in [5.74, 6) is 0.0389. The third-order valence-corrected chi connectivity index (χ3v) is 4.44. The van der Waals surface area contributed by atoms with E-state index in [1.807, 2.05) is 18.2 Å². The molecule has 1 unspecified atom stereocenters. The number of furan rings is 1. The van der Waals surface area contributed by atoms with Crippen molar-refractivity contribution in [2.75, 3.05) is 13.1 Å². The molecule has 0 radical (unpaired) electrons. The molecule has 122 valence electrons. The van der Waals surface area contributed by atoms with Crippen molar-refractivity contribution >= 4 is 17.5 Å². The number of amides is 1. The molecule has 0 bridgehead atoms. The highest BCUT2D eigenvalue weighted by Crippen LogP contribution is 2.28. The Labute approximate surface area is 139 Å². The van der Waals surface area contributed by atoms with E-state index < -0.39 is 5.60 Å². The number of nitrogens with two attached hydrogens (primary N) is 1. The summed E-state index contributed by atoms with van der Waals surface area (Å²) in [6, 6.07) is 9.11. The topological polar surface area (TPSA) is 79.7 Å². The number of carbonyl (C=O) groups excluding carboxylic acids is 1. The molecule has 1 aliphatic heterocycles. The maximum atomic E-state index is 12.5. The molecular formula is C17H19ClN2O3. The van der Waals surface area contributed by atoms with Gasteiger partial charge in [-0.25, -0.2) is 0 Å². The van der Waals surface area contributed by atoms with Crippen LogP contribution in [-0.4, -0.2) is 34.6 Å². The second kappa shape index (κ2) is 6.35. The van der Waals surface area contributed by atoms with Gasteiger partial charge < -0.3 is 20.2 Å². The average Bonchev–Trinajstić information content (AvgIpc) is 3.13. The summed E-state index contributed by atoms with van der Waals surface area (Å²) in [5, 5.41) is 11.4. The average molecular weight is 335 g/mol. The van der Waals surface area contributed by atoms with E-state index in [1.165, 1.54) is 6.26 Å². The summed E-state index contributed by atoms with van der Waals surface area (Å²) in [4.78, 5) is 14.1. The number of β-amino-alcohol motifs (C(OH)–C–C–N with tert-alkyl or cyclic N) is 1. The highest BCUT2D eigenvalue weighted by atomic mass is 35.5. The Morgan fingerprint density at radius 2 is 2.26 bits per heavy atom. The highest BCUT2D eigenvalue weighted by molar-refractivity contribution is 6.30. The molecule has 0 aliphatic carbocycles. The van der Waals surface area contributed by atoms with Crippen molar-refractivity contribution in [2.24, 2.45) is 5.73 Å². The van der Waals surface area contributed by atoms with Gasteiger partial charge in [0.1, 0.15) is 0 Å². The lowest BCUT2D eigenvalue weighted by atomic mass is 9.94. The molecule has 1 fully saturated rings. The normalized spacial score (nSPS) is 20.9. The molecule has 1 saturated heterocycles. The van der Waals surface area contributed by atoms with Gasteiger partial charge in [-0.05, 0) is 30.2 Å². The second-order valence-corrected chi connectivity index (χ2v) is 6.42. The first kappa shape index (κ1) is 16.1. The van der Waals surface area contributed by atoms with Crippen LogP contribution in [0.5, 0.6) is 0 Å². The van der Waals surface area contributed by atoms with Crippen LogP contribution in [0.2, 0.25) is 5.02 Å². The van der Waals surface area contributed by atoms with E-state index in [4.69, 9.17) is 21.8 Å². The van der Waals surface area contributed by atoms with Crippen LogP contribution in [0.4, 0.5) is 0 Å². The van der Waals surface area contributed by atoms with Crippen LogP contribution >= 0.6 is 11.6 Å². The van der Waals surface area contributed by atoms with E-state index in [9.17, 15) is 9.90 Å². The van der Waals surface area contributed by atoms with Crippen LogP contribution in [-0.2, 0) is 13.0 Å². The first-order chi connectivity index (χ1) is 11.0. The Hall–Kier alpha value is -1.82. The third kappa shape index (κ3) is 3.42. The number of likely N-dealkylation sites (tertiary alicyclic amines) is 1. The minimum Gasteiger partial charge on any atom is -0.459 e. The molecule has 1 amide bonds. The Kier molecular flexibility index (Phi) is 4.43. The fourth-order valence-corrected chi connectivity index (χ4v) is 3.24. The fourth-order valence-electron chi connectivity index (χ4n) is 3.03. The van der Waals surface area contributed by atoms with Crippen molar-refractivity contribution in [3.05, 3.63) is 58.5 Å². The van der Waals surface area contributed by atoms with Crippen LogP contribution in [0.1, 0.15) is 28.1 Å². The van der Waals surface area contributed by atoms with Crippen molar-refractivity contribution < 1.29 is 14.3 Å². The van der Waals surface area contributed by atoms with Gasteiger partial charge in [0.25, 0.3) is 5.91 Å². The summed E-state index contributed by atoms with van der Waals surface area (Å²) in [7, 11) is 0. The largest absolute Gasteiger partial charge is 0.459 e. The Balaban J connectivity index is 1.71. The standard InChI is InChI=1S/C17H19ClN2O3/c18-14-3-1-2-12(8-14)9-17(22)5-6-20(11-17)16(21)15-13(10-19)4-7-23-15/h1-4,7-8,22H,5-6,9-11,19H2. The quantitative estimate of drug-likeness (QED) is 0.898. The SMILES string of the molecule is NCc1ccoc1C(=O)N1CCC(O)(Cc2cccc(Cl)c2)C1. The van der Waals surface area contributed by atoms with Gasteiger partial charge in [-0.2, -0.15) is 0 Å². The number of rotatable bonds is 4. The number of aliphatic hydroxyl groups is 1. The van der Waals surface area contributed by atoms with Gasteiger partial charge in [0.15, 0.2) is 5.76 Å². The molecule has 1 atom stereocenters. The monoisotopic (exact) mass is 334 g/mol. The molecule has 2 heterocycles. The van der Waals surface area contributed by atoms with Crippen LogP contribution in [0, 0.1) is 0 Å². The number of hydrogen-bond acceptors (Lipinski definition) is 4. The van der Waals surface area contributed by atoms with Crippen LogP contribution < -0.4 is 5.73 Å². The number of nitrogens with zero attached hydrogens (tertiary/aromatic N) is 1. The fraction of sp³-hybridized carbons (Fsp3) is 0.353. The molecule has 3 N–H and O–H groups in total. The Morgan fingerprint density at radius 1 is 1.43 bits per heavy atom. The second-order valence-electron chi connectivity index (χ2n) is 5.99. The Morgan fingerprint density at radius 3 is 3.00 bits per heavy atom. The van der Waals surface area contributed by atoms with Gasteiger partial charge in [-0.15, -0.1) is 0 Å². The Bertz CT molecular complexity index is 715. The van der Waals surface area contributed by atoms with E-state index in [0.717, 1.165) is 5.56 Å². The summed E-state index contributed by atoms with van der Waals surface area (Å²) in [6.45, 7) is 1.00. The summed E-state index contributed by atoms with van der Waals surface area (Å²) >= 11 is 5.99. The van der Waals surface area contributed by atoms with E-state index >= 15 is 0 Å². The number of hydrogen-bond donors (Lipinski definition) is 2. The molecule has 5 nitrogen and oxygen atoms in total. The highest BCUT2D eigenvalue weighted by Gasteiger charge is 2.39. The zero-order chi connectivity index (χ0) is 16.4. The van der Waals surface area contributed by atoms with Gasteiger partial charge in [-0.3, -0.25) is 4.79 Å². The van der Waals surface area contributed by atoms with E-state index in [-0.39, 0.29) is 24.8 Å². The predicted molar refractivity (Wildman–Crippen MR) is 87.2 cm³/mol. The van der Waals surface area contributed by atoms with Gasteiger partial charge in [0.05, 0.1) is 18.4 Å². The molecular weight excluding hydrogens is 316 g/mol. The van der Waals surface area contributed by atoms with Crippen molar-refractivity contribution in [3.63, 3.8) is 0 Å². The maximum absolute atomic E-state index is 12.5. The van der Waals surface area contributed by atoms with Crippen LogP contribution in [0.3, 0.4) is 0 Å². The molecule has 1 aromatic heterocycles. The van der Waals surface area contributed by atoms with Crippen LogP contribution in [0.15, 0.2) is 41.0 Å². The number of benzene rings is 1. The predicted octanol–water partition coefficient (Wildman–Crippen LogP) is 2.21. The van der Waals surface area contributed by atoms with Gasteiger partial charge >= 0.3 is 0 Å². The maximum Gasteiger partial charge on any atom is 0.289 e. The van der Waals surface area contributed by atoms with E-state index in [0.29, 0.717) is 30.0 Å². The molecule has 1 aliphatic rings. The third-order valence-electron chi connectivity index (χ3n) is 4.20. The molecule has 0 saturated carbocycles. The van der Waals surface area contributed by atoms with Crippen LogP contribution in [0.25, 0.3) is 0 Å². The summed E-state index contributed by atoms with van der Waals surface area (Å²) in [5.41, 5.74) is 6.29. The van der Waals surface area contributed by atoms with E-state index in [2.05, 4.69) is 0 Å². The zero-order valence-corrected chi connectivity index (χ0v) is 13.4. The summed E-state index contributed by atoms with van der Waals surface area (Å²) < 4.78 is 5.26. The molecule has 23 heavy (non-hydrogen) atoms. The first-order valence-electron chi connectivity index (χ1n) is 7.53. The van der Waals surface area contributed by atoms with Gasteiger partial charge in [0, 0.05) is 30.1 Å². The molecule has 3 rings (SSSR count). The lowest BCUT2D eigenvalue weighted by Gasteiger charge is -2.23. The minimum absolute atomic E-state index is 0.225. The van der Waals surface area contributed by atoms with E-state index in [1.54, 1.807) is 17.0 Å². The first-order valence-corrected chi connectivity index (χ1v) is 7.91. The smallest absolute Gasteiger partial charge is 0.289 e. The van der Waals surface area contributed by atoms with Crippen molar-refractivity contribution in [1.82, 2.24) is 4.90 Å². The zero-order valence-electron chi connectivity index (χ0n) is 12.7. The van der Waals surface area contributed by atoms with Crippen molar-refractivity contribution in [1.29, 1.82) is 0 Å². The summed E-state index contributed by atoms with van der Waals surface area (Å²) in [6.07, 6.45) is 2.44. The lowest BCUT2D eigenvalue weighted by Crippen LogP contribution is -2.38. The van der Waals surface area contributed by atoms with Crippen molar-refractivity contribution in [3.8, 4) is 0 Å². The molecule has 1 aromatic carbocycles.